The van der Waals surface area contributed by atoms with Crippen LogP contribution in [0.25, 0.3) is 0 Å². The number of benzene rings is 2. The third kappa shape index (κ3) is 5.05. The van der Waals surface area contributed by atoms with Gasteiger partial charge in [-0.25, -0.2) is 0 Å². The van der Waals surface area contributed by atoms with Crippen LogP contribution in [0.5, 0.6) is 0 Å². The highest BCUT2D eigenvalue weighted by Gasteiger charge is 2.17. The van der Waals surface area contributed by atoms with E-state index in [2.05, 4.69) is 23.5 Å². The largest absolute Gasteiger partial charge is 0.324 e. The molecular formula is C19H21NOS2. The molecule has 0 spiro atoms. The van der Waals surface area contributed by atoms with Crippen LogP contribution in [0.15, 0.2) is 64.4 Å². The number of rotatable bonds is 6. The zero-order chi connectivity index (χ0) is 15.9. The van der Waals surface area contributed by atoms with E-state index < -0.39 is 0 Å². The Labute approximate surface area is 146 Å². The van der Waals surface area contributed by atoms with Gasteiger partial charge in [-0.15, -0.1) is 11.8 Å². The van der Waals surface area contributed by atoms with Crippen molar-refractivity contribution in [2.75, 3.05) is 11.1 Å². The zero-order valence-corrected chi connectivity index (χ0v) is 14.7. The zero-order valence-electron chi connectivity index (χ0n) is 13.0. The normalized spacial score (nSPS) is 14.8. The second-order valence-corrected chi connectivity index (χ2v) is 8.08. The van der Waals surface area contributed by atoms with Gasteiger partial charge < -0.3 is 5.32 Å². The third-order valence-electron chi connectivity index (χ3n) is 3.88. The van der Waals surface area contributed by atoms with Crippen LogP contribution in [0.3, 0.4) is 0 Å². The summed E-state index contributed by atoms with van der Waals surface area (Å²) in [6, 6.07) is 18.2. The quantitative estimate of drug-likeness (QED) is 0.756. The van der Waals surface area contributed by atoms with E-state index >= 15 is 0 Å². The molecule has 0 aliphatic heterocycles. The van der Waals surface area contributed by atoms with Crippen molar-refractivity contribution in [3.05, 3.63) is 54.6 Å². The van der Waals surface area contributed by atoms with Crippen molar-refractivity contribution in [2.45, 2.75) is 40.7 Å². The van der Waals surface area contributed by atoms with Gasteiger partial charge in [0.05, 0.1) is 11.4 Å². The molecule has 4 heteroatoms. The van der Waals surface area contributed by atoms with Crippen LogP contribution in [-0.2, 0) is 4.79 Å². The van der Waals surface area contributed by atoms with Crippen LogP contribution >= 0.6 is 23.5 Å². The van der Waals surface area contributed by atoms with Gasteiger partial charge in [0.15, 0.2) is 0 Å². The molecule has 0 aromatic heterocycles. The van der Waals surface area contributed by atoms with Crippen LogP contribution in [0.4, 0.5) is 5.69 Å². The van der Waals surface area contributed by atoms with Gasteiger partial charge in [-0.3, -0.25) is 4.79 Å². The molecule has 1 amide bonds. The fraction of sp³-hybridized carbons (Fsp3) is 0.316. The SMILES string of the molecule is O=C(CSC1CCCC1)Nc1ccccc1Sc1ccccc1. The topological polar surface area (TPSA) is 29.1 Å². The predicted octanol–water partition coefficient (Wildman–Crippen LogP) is 5.45. The van der Waals surface area contributed by atoms with Gasteiger partial charge >= 0.3 is 0 Å². The fourth-order valence-corrected chi connectivity index (χ4v) is 4.76. The summed E-state index contributed by atoms with van der Waals surface area (Å²) in [6.45, 7) is 0. The van der Waals surface area contributed by atoms with Crippen LogP contribution in [0.1, 0.15) is 25.7 Å². The summed E-state index contributed by atoms with van der Waals surface area (Å²) in [4.78, 5) is 14.5. The average molecular weight is 344 g/mol. The molecule has 1 N–H and O–H groups in total. The molecule has 0 saturated heterocycles. The van der Waals surface area contributed by atoms with Crippen LogP contribution < -0.4 is 5.32 Å². The van der Waals surface area contributed by atoms with E-state index in [1.54, 1.807) is 23.5 Å². The van der Waals surface area contributed by atoms with Crippen molar-refractivity contribution < 1.29 is 4.79 Å². The summed E-state index contributed by atoms with van der Waals surface area (Å²) in [7, 11) is 0. The Bertz CT molecular complexity index is 639. The molecule has 0 atom stereocenters. The number of carbonyl (C=O) groups excluding carboxylic acids is 1. The number of carbonyl (C=O) groups is 1. The first kappa shape index (κ1) is 16.5. The maximum Gasteiger partial charge on any atom is 0.234 e. The molecule has 0 bridgehead atoms. The molecule has 0 heterocycles. The summed E-state index contributed by atoms with van der Waals surface area (Å²) in [5, 5.41) is 3.75. The lowest BCUT2D eigenvalue weighted by Crippen LogP contribution is -2.16. The molecule has 23 heavy (non-hydrogen) atoms. The highest BCUT2D eigenvalue weighted by Crippen LogP contribution is 2.33. The average Bonchev–Trinajstić information content (AvgIpc) is 3.09. The summed E-state index contributed by atoms with van der Waals surface area (Å²) in [5.41, 5.74) is 0.901. The lowest BCUT2D eigenvalue weighted by Gasteiger charge is -2.12. The van der Waals surface area contributed by atoms with Crippen molar-refractivity contribution in [1.82, 2.24) is 0 Å². The van der Waals surface area contributed by atoms with E-state index in [-0.39, 0.29) is 5.91 Å². The molecule has 1 saturated carbocycles. The van der Waals surface area contributed by atoms with Gasteiger partial charge in [-0.05, 0) is 37.1 Å². The maximum atomic E-state index is 12.2. The standard InChI is InChI=1S/C19H21NOS2/c21-19(14-22-15-8-4-5-9-15)20-17-12-6-7-13-18(17)23-16-10-2-1-3-11-16/h1-3,6-7,10-13,15H,4-5,8-9,14H2,(H,20,21). The summed E-state index contributed by atoms with van der Waals surface area (Å²) in [6.07, 6.45) is 5.16. The minimum atomic E-state index is 0.100. The number of anilines is 1. The van der Waals surface area contributed by atoms with E-state index in [0.717, 1.165) is 10.6 Å². The predicted molar refractivity (Wildman–Crippen MR) is 100 cm³/mol. The van der Waals surface area contributed by atoms with Crippen LogP contribution in [0.2, 0.25) is 0 Å². The number of thioether (sulfide) groups is 1. The van der Waals surface area contributed by atoms with E-state index in [1.807, 2.05) is 36.4 Å². The smallest absolute Gasteiger partial charge is 0.234 e. The molecule has 1 aliphatic carbocycles. The third-order valence-corrected chi connectivity index (χ3v) is 6.34. The van der Waals surface area contributed by atoms with Gasteiger partial charge in [-0.1, -0.05) is 54.9 Å². The van der Waals surface area contributed by atoms with Crippen molar-refractivity contribution in [2.24, 2.45) is 0 Å². The molecule has 2 nitrogen and oxygen atoms in total. The summed E-state index contributed by atoms with van der Waals surface area (Å²) >= 11 is 3.48. The Kier molecular flexibility index (Phi) is 6.06. The first-order valence-corrected chi connectivity index (χ1v) is 9.91. The molecule has 2 aromatic carbocycles. The molecule has 2 aromatic rings. The molecule has 1 aliphatic rings. The lowest BCUT2D eigenvalue weighted by molar-refractivity contribution is -0.113. The van der Waals surface area contributed by atoms with Gasteiger partial charge in [0, 0.05) is 15.0 Å². The Balaban J connectivity index is 1.59. The fourth-order valence-electron chi connectivity index (χ4n) is 2.71. The highest BCUT2D eigenvalue weighted by molar-refractivity contribution is 8.00. The van der Waals surface area contributed by atoms with Crippen molar-refractivity contribution in [3.8, 4) is 0 Å². The Morgan fingerprint density at radius 2 is 1.70 bits per heavy atom. The molecule has 1 fully saturated rings. The van der Waals surface area contributed by atoms with Gasteiger partial charge in [-0.2, -0.15) is 0 Å². The maximum absolute atomic E-state index is 12.2. The number of para-hydroxylation sites is 1. The number of hydrogen-bond acceptors (Lipinski definition) is 3. The molecule has 120 valence electrons. The van der Waals surface area contributed by atoms with E-state index in [4.69, 9.17) is 0 Å². The first-order valence-electron chi connectivity index (χ1n) is 8.04. The van der Waals surface area contributed by atoms with Crippen molar-refractivity contribution in [1.29, 1.82) is 0 Å². The van der Waals surface area contributed by atoms with E-state index in [1.165, 1.54) is 30.6 Å². The van der Waals surface area contributed by atoms with E-state index in [9.17, 15) is 4.79 Å². The minimum absolute atomic E-state index is 0.100. The lowest BCUT2D eigenvalue weighted by atomic mass is 10.3. The first-order chi connectivity index (χ1) is 11.3. The number of nitrogens with one attached hydrogen (secondary N) is 1. The Morgan fingerprint density at radius 1 is 1.00 bits per heavy atom. The monoisotopic (exact) mass is 343 g/mol. The number of amides is 1. The van der Waals surface area contributed by atoms with Gasteiger partial charge in [0.25, 0.3) is 0 Å². The van der Waals surface area contributed by atoms with Crippen molar-refractivity contribution in [3.63, 3.8) is 0 Å². The number of hydrogen-bond donors (Lipinski definition) is 1. The Morgan fingerprint density at radius 3 is 2.48 bits per heavy atom. The molecular weight excluding hydrogens is 322 g/mol. The molecule has 0 unspecified atom stereocenters. The second kappa shape index (κ2) is 8.46. The Hall–Kier alpha value is -1.39. The second-order valence-electron chi connectivity index (χ2n) is 5.68. The van der Waals surface area contributed by atoms with E-state index in [0.29, 0.717) is 11.0 Å². The molecule has 3 rings (SSSR count). The van der Waals surface area contributed by atoms with Gasteiger partial charge in [0.2, 0.25) is 5.91 Å². The minimum Gasteiger partial charge on any atom is -0.324 e. The molecule has 0 radical (unpaired) electrons. The van der Waals surface area contributed by atoms with Crippen molar-refractivity contribution >= 4 is 35.1 Å². The van der Waals surface area contributed by atoms with Gasteiger partial charge in [0.1, 0.15) is 0 Å². The van der Waals surface area contributed by atoms with Crippen LogP contribution in [-0.4, -0.2) is 16.9 Å². The summed E-state index contributed by atoms with van der Waals surface area (Å²) < 4.78 is 0. The summed E-state index contributed by atoms with van der Waals surface area (Å²) in [5.74, 6) is 0.651. The van der Waals surface area contributed by atoms with Crippen LogP contribution in [0, 0.1) is 0 Å². The highest BCUT2D eigenvalue weighted by atomic mass is 32.2.